The van der Waals surface area contributed by atoms with Crippen molar-refractivity contribution in [3.8, 4) is 0 Å². The van der Waals surface area contributed by atoms with E-state index in [0.717, 1.165) is 6.54 Å². The number of nitrogens with one attached hydrogen (secondary N) is 1. The maximum Gasteiger partial charge on any atom is 0.0762 e. The molecule has 0 radical (unpaired) electrons. The Morgan fingerprint density at radius 1 is 1.25 bits per heavy atom. The summed E-state index contributed by atoms with van der Waals surface area (Å²) in [6, 6.07) is 3.51. The number of aromatic nitrogens is 2. The Bertz CT molecular complexity index is 366. The first kappa shape index (κ1) is 15.6. The van der Waals surface area contributed by atoms with E-state index in [4.69, 9.17) is 5.10 Å². The van der Waals surface area contributed by atoms with Crippen LogP contribution in [0.4, 0.5) is 0 Å². The molecule has 3 heteroatoms. The molecule has 1 saturated carbocycles. The number of hydrogen-bond donors (Lipinski definition) is 1. The van der Waals surface area contributed by atoms with Gasteiger partial charge >= 0.3 is 0 Å². The molecule has 1 aliphatic rings. The van der Waals surface area contributed by atoms with E-state index in [0.29, 0.717) is 12.1 Å². The highest BCUT2D eigenvalue weighted by atomic mass is 15.3. The molecule has 1 unspecified atom stereocenters. The standard InChI is InChI=1S/C17H31N3/c1-3-5-9-15(8-4-2)18-14-16-12-13-20(19-16)17-10-6-7-11-17/h12-13,15,17-18H,3-11,14H2,1-2H3. The summed E-state index contributed by atoms with van der Waals surface area (Å²) in [6.07, 6.45) is 14.0. The molecule has 1 aliphatic carbocycles. The summed E-state index contributed by atoms with van der Waals surface area (Å²) in [4.78, 5) is 0. The number of rotatable bonds is 9. The Balaban J connectivity index is 1.79. The zero-order valence-corrected chi connectivity index (χ0v) is 13.3. The topological polar surface area (TPSA) is 29.9 Å². The van der Waals surface area contributed by atoms with Crippen molar-refractivity contribution in [2.24, 2.45) is 0 Å². The monoisotopic (exact) mass is 277 g/mol. The summed E-state index contributed by atoms with van der Waals surface area (Å²) in [5.41, 5.74) is 1.20. The van der Waals surface area contributed by atoms with E-state index < -0.39 is 0 Å². The second kappa shape index (κ2) is 8.46. The molecule has 1 aromatic rings. The molecule has 0 amide bonds. The van der Waals surface area contributed by atoms with E-state index in [1.54, 1.807) is 0 Å². The lowest BCUT2D eigenvalue weighted by atomic mass is 10.1. The maximum absolute atomic E-state index is 4.76. The van der Waals surface area contributed by atoms with Crippen LogP contribution in [0, 0.1) is 0 Å². The number of hydrogen-bond acceptors (Lipinski definition) is 2. The van der Waals surface area contributed by atoms with Crippen molar-refractivity contribution < 1.29 is 0 Å². The molecule has 0 saturated heterocycles. The Labute approximate surface area is 124 Å². The van der Waals surface area contributed by atoms with E-state index in [9.17, 15) is 0 Å². The molecular weight excluding hydrogens is 246 g/mol. The number of nitrogens with zero attached hydrogens (tertiary/aromatic N) is 2. The molecule has 0 spiro atoms. The zero-order valence-electron chi connectivity index (χ0n) is 13.3. The van der Waals surface area contributed by atoms with Crippen molar-refractivity contribution in [1.82, 2.24) is 15.1 Å². The Morgan fingerprint density at radius 3 is 2.75 bits per heavy atom. The normalized spacial score (nSPS) is 17.7. The third-order valence-electron chi connectivity index (χ3n) is 4.48. The molecule has 114 valence electrons. The SMILES string of the molecule is CCCCC(CCC)NCc1ccn(C2CCCC2)n1. The van der Waals surface area contributed by atoms with Crippen LogP contribution in [0.1, 0.15) is 83.4 Å². The third kappa shape index (κ3) is 4.62. The highest BCUT2D eigenvalue weighted by molar-refractivity contribution is 5.00. The van der Waals surface area contributed by atoms with E-state index in [1.165, 1.54) is 63.5 Å². The molecular formula is C17H31N3. The lowest BCUT2D eigenvalue weighted by Crippen LogP contribution is -2.28. The Hall–Kier alpha value is -0.830. The summed E-state index contributed by atoms with van der Waals surface area (Å²) in [5, 5.41) is 8.46. The average molecular weight is 277 g/mol. The molecule has 0 bridgehead atoms. The van der Waals surface area contributed by atoms with Crippen LogP contribution in [0.2, 0.25) is 0 Å². The highest BCUT2D eigenvalue weighted by Gasteiger charge is 2.17. The molecule has 0 aliphatic heterocycles. The van der Waals surface area contributed by atoms with Crippen molar-refractivity contribution in [2.75, 3.05) is 0 Å². The van der Waals surface area contributed by atoms with E-state index >= 15 is 0 Å². The second-order valence-corrected chi connectivity index (χ2v) is 6.23. The molecule has 1 N–H and O–H groups in total. The summed E-state index contributed by atoms with van der Waals surface area (Å²) < 4.78 is 2.20. The third-order valence-corrected chi connectivity index (χ3v) is 4.48. The van der Waals surface area contributed by atoms with Crippen LogP contribution in [0.3, 0.4) is 0 Å². The number of unbranched alkanes of at least 4 members (excludes halogenated alkanes) is 1. The smallest absolute Gasteiger partial charge is 0.0762 e. The van der Waals surface area contributed by atoms with Gasteiger partial charge in [-0.1, -0.05) is 46.0 Å². The lowest BCUT2D eigenvalue weighted by molar-refractivity contribution is 0.423. The van der Waals surface area contributed by atoms with E-state index in [2.05, 4.69) is 36.1 Å². The minimum atomic E-state index is 0.662. The summed E-state index contributed by atoms with van der Waals surface area (Å²) >= 11 is 0. The molecule has 1 aromatic heterocycles. The van der Waals surface area contributed by atoms with Gasteiger partial charge in [-0.15, -0.1) is 0 Å². The fourth-order valence-electron chi connectivity index (χ4n) is 3.24. The largest absolute Gasteiger partial charge is 0.308 e. The van der Waals surface area contributed by atoms with Gasteiger partial charge in [-0.05, 0) is 31.7 Å². The van der Waals surface area contributed by atoms with Gasteiger partial charge in [0.1, 0.15) is 0 Å². The van der Waals surface area contributed by atoms with E-state index in [-0.39, 0.29) is 0 Å². The summed E-state index contributed by atoms with van der Waals surface area (Å²) in [6.45, 7) is 5.47. The highest BCUT2D eigenvalue weighted by Crippen LogP contribution is 2.28. The van der Waals surface area contributed by atoms with Gasteiger partial charge in [0.15, 0.2) is 0 Å². The zero-order chi connectivity index (χ0) is 14.2. The Morgan fingerprint density at radius 2 is 2.05 bits per heavy atom. The van der Waals surface area contributed by atoms with Gasteiger partial charge in [-0.3, -0.25) is 4.68 Å². The van der Waals surface area contributed by atoms with Gasteiger partial charge in [0.05, 0.1) is 11.7 Å². The summed E-state index contributed by atoms with van der Waals surface area (Å²) in [5.74, 6) is 0. The van der Waals surface area contributed by atoms with Gasteiger partial charge in [-0.25, -0.2) is 0 Å². The van der Waals surface area contributed by atoms with Gasteiger partial charge in [0.2, 0.25) is 0 Å². The molecule has 1 fully saturated rings. The predicted molar refractivity (Wildman–Crippen MR) is 84.8 cm³/mol. The molecule has 1 heterocycles. The first-order chi connectivity index (χ1) is 9.83. The van der Waals surface area contributed by atoms with Crippen LogP contribution < -0.4 is 5.32 Å². The maximum atomic E-state index is 4.76. The molecule has 1 atom stereocenters. The predicted octanol–water partition coefficient (Wildman–Crippen LogP) is 4.45. The van der Waals surface area contributed by atoms with Gasteiger partial charge in [-0.2, -0.15) is 5.10 Å². The lowest BCUT2D eigenvalue weighted by Gasteiger charge is -2.17. The van der Waals surface area contributed by atoms with Crippen LogP contribution >= 0.6 is 0 Å². The van der Waals surface area contributed by atoms with Crippen LogP contribution in [-0.2, 0) is 6.54 Å². The van der Waals surface area contributed by atoms with Crippen molar-refractivity contribution in [1.29, 1.82) is 0 Å². The van der Waals surface area contributed by atoms with Crippen molar-refractivity contribution in [3.63, 3.8) is 0 Å². The van der Waals surface area contributed by atoms with Crippen molar-refractivity contribution >= 4 is 0 Å². The van der Waals surface area contributed by atoms with Gasteiger partial charge in [0, 0.05) is 18.8 Å². The Kier molecular flexibility index (Phi) is 6.58. The average Bonchev–Trinajstić information content (AvgIpc) is 3.12. The second-order valence-electron chi connectivity index (χ2n) is 6.23. The van der Waals surface area contributed by atoms with Crippen LogP contribution in [0.5, 0.6) is 0 Å². The first-order valence-electron chi connectivity index (χ1n) is 8.61. The molecule has 2 rings (SSSR count). The minimum Gasteiger partial charge on any atom is -0.308 e. The van der Waals surface area contributed by atoms with Crippen LogP contribution in [0.15, 0.2) is 12.3 Å². The van der Waals surface area contributed by atoms with Crippen LogP contribution in [-0.4, -0.2) is 15.8 Å². The van der Waals surface area contributed by atoms with E-state index in [1.807, 2.05) is 0 Å². The van der Waals surface area contributed by atoms with Crippen molar-refractivity contribution in [3.05, 3.63) is 18.0 Å². The fraction of sp³-hybridized carbons (Fsp3) is 0.824. The molecule has 3 nitrogen and oxygen atoms in total. The fourth-order valence-corrected chi connectivity index (χ4v) is 3.24. The van der Waals surface area contributed by atoms with Crippen LogP contribution in [0.25, 0.3) is 0 Å². The van der Waals surface area contributed by atoms with Gasteiger partial charge < -0.3 is 5.32 Å². The molecule has 0 aromatic carbocycles. The quantitative estimate of drug-likeness (QED) is 0.723. The minimum absolute atomic E-state index is 0.662. The first-order valence-corrected chi connectivity index (χ1v) is 8.61. The molecule has 20 heavy (non-hydrogen) atoms. The summed E-state index contributed by atoms with van der Waals surface area (Å²) in [7, 11) is 0. The van der Waals surface area contributed by atoms with Crippen molar-refractivity contribution in [2.45, 2.75) is 90.3 Å². The van der Waals surface area contributed by atoms with Gasteiger partial charge in [0.25, 0.3) is 0 Å².